The topological polar surface area (TPSA) is 101 Å². The van der Waals surface area contributed by atoms with Gasteiger partial charge in [0.2, 0.25) is 0 Å². The number of hydrogen-bond acceptors (Lipinski definition) is 6. The first-order valence-corrected chi connectivity index (χ1v) is 7.98. The quantitative estimate of drug-likeness (QED) is 0.840. The van der Waals surface area contributed by atoms with Crippen LogP contribution in [-0.4, -0.2) is 34.3 Å². The highest BCUT2D eigenvalue weighted by molar-refractivity contribution is 5.82. The summed E-state index contributed by atoms with van der Waals surface area (Å²) < 4.78 is 10.6. The van der Waals surface area contributed by atoms with E-state index in [9.17, 15) is 9.59 Å². The summed E-state index contributed by atoms with van der Waals surface area (Å²) in [5, 5.41) is 11.5. The zero-order chi connectivity index (χ0) is 19.3. The minimum absolute atomic E-state index is 0.0870. The van der Waals surface area contributed by atoms with Crippen LogP contribution in [0.4, 0.5) is 4.79 Å². The van der Waals surface area contributed by atoms with Crippen molar-refractivity contribution >= 4 is 12.1 Å². The van der Waals surface area contributed by atoms with Gasteiger partial charge in [-0.25, -0.2) is 14.6 Å². The summed E-state index contributed by atoms with van der Waals surface area (Å²) in [6.45, 7) is 10.4. The van der Waals surface area contributed by atoms with Gasteiger partial charge in [0.05, 0.1) is 0 Å². The molecule has 0 saturated heterocycles. The third kappa shape index (κ3) is 8.15. The second-order valence-electron chi connectivity index (χ2n) is 7.56. The number of rotatable bonds is 4. The molecule has 136 valence electrons. The first-order valence-electron chi connectivity index (χ1n) is 7.98. The number of alkyl carbamates (subject to hydrolysis) is 1. The average Bonchev–Trinajstić information content (AvgIpc) is 2.43. The van der Waals surface area contributed by atoms with E-state index in [2.05, 4.69) is 10.3 Å². The largest absolute Gasteiger partial charge is 0.458 e. The van der Waals surface area contributed by atoms with Crippen molar-refractivity contribution < 1.29 is 19.1 Å². The number of amides is 1. The molecular weight excluding hydrogens is 322 g/mol. The van der Waals surface area contributed by atoms with E-state index < -0.39 is 29.3 Å². The molecule has 1 amide bonds. The van der Waals surface area contributed by atoms with Crippen LogP contribution in [-0.2, 0) is 20.7 Å². The van der Waals surface area contributed by atoms with E-state index in [0.717, 1.165) is 0 Å². The molecule has 1 N–H and O–H groups in total. The van der Waals surface area contributed by atoms with Crippen LogP contribution in [0.2, 0.25) is 0 Å². The van der Waals surface area contributed by atoms with Gasteiger partial charge in [0.1, 0.15) is 29.0 Å². The Morgan fingerprint density at radius 1 is 1.16 bits per heavy atom. The molecule has 7 nitrogen and oxygen atoms in total. The van der Waals surface area contributed by atoms with Crippen molar-refractivity contribution in [1.82, 2.24) is 10.3 Å². The Bertz CT molecular complexity index is 666. The number of ether oxygens (including phenoxy) is 2. The van der Waals surface area contributed by atoms with Crippen molar-refractivity contribution in [3.8, 4) is 6.07 Å². The van der Waals surface area contributed by atoms with Crippen molar-refractivity contribution in [3.05, 3.63) is 29.6 Å². The van der Waals surface area contributed by atoms with E-state index in [1.807, 2.05) is 6.07 Å². The molecular formula is C18H25N3O4. The van der Waals surface area contributed by atoms with Crippen LogP contribution in [0, 0.1) is 11.3 Å². The number of hydrogen-bond donors (Lipinski definition) is 1. The summed E-state index contributed by atoms with van der Waals surface area (Å²) in [5.74, 6) is -0.595. The predicted octanol–water partition coefficient (Wildman–Crippen LogP) is 2.73. The number of nitriles is 1. The van der Waals surface area contributed by atoms with Crippen molar-refractivity contribution in [2.75, 3.05) is 0 Å². The molecule has 0 aliphatic heterocycles. The van der Waals surface area contributed by atoms with Gasteiger partial charge in [0.15, 0.2) is 0 Å². The third-order valence-corrected chi connectivity index (χ3v) is 2.72. The molecule has 7 heteroatoms. The SMILES string of the molecule is CC(C)(C)OC(=O)N[C@@H](Cc1cccc(C#N)n1)C(=O)OC(C)(C)C. The summed E-state index contributed by atoms with van der Waals surface area (Å²) in [4.78, 5) is 28.6. The Morgan fingerprint density at radius 2 is 1.76 bits per heavy atom. The maximum atomic E-state index is 12.4. The average molecular weight is 347 g/mol. The molecule has 0 bridgehead atoms. The number of pyridine rings is 1. The maximum Gasteiger partial charge on any atom is 0.408 e. The number of aromatic nitrogens is 1. The first kappa shape index (κ1) is 20.4. The lowest BCUT2D eigenvalue weighted by Gasteiger charge is -2.26. The Balaban J connectivity index is 2.96. The Morgan fingerprint density at radius 3 is 2.28 bits per heavy atom. The summed E-state index contributed by atoms with van der Waals surface area (Å²) in [6, 6.07) is 5.87. The van der Waals surface area contributed by atoms with Crippen molar-refractivity contribution in [3.63, 3.8) is 0 Å². The summed E-state index contributed by atoms with van der Waals surface area (Å²) >= 11 is 0. The maximum absolute atomic E-state index is 12.4. The number of carbonyl (C=O) groups excluding carboxylic acids is 2. The predicted molar refractivity (Wildman–Crippen MR) is 91.7 cm³/mol. The molecule has 0 unspecified atom stereocenters. The molecule has 0 saturated carbocycles. The fraction of sp³-hybridized carbons (Fsp3) is 0.556. The molecule has 25 heavy (non-hydrogen) atoms. The fourth-order valence-corrected chi connectivity index (χ4v) is 1.88. The second-order valence-corrected chi connectivity index (χ2v) is 7.56. The highest BCUT2D eigenvalue weighted by Crippen LogP contribution is 2.12. The molecule has 0 aliphatic rings. The van der Waals surface area contributed by atoms with Crippen LogP contribution in [0.3, 0.4) is 0 Å². The van der Waals surface area contributed by atoms with Crippen LogP contribution in [0.15, 0.2) is 18.2 Å². The van der Waals surface area contributed by atoms with Crippen LogP contribution in [0.1, 0.15) is 52.9 Å². The van der Waals surface area contributed by atoms with E-state index in [1.54, 1.807) is 59.7 Å². The van der Waals surface area contributed by atoms with Gasteiger partial charge in [-0.05, 0) is 53.7 Å². The number of carbonyl (C=O) groups is 2. The second kappa shape index (κ2) is 7.97. The summed E-state index contributed by atoms with van der Waals surface area (Å²) in [5.41, 5.74) is -0.669. The van der Waals surface area contributed by atoms with E-state index in [1.165, 1.54) is 0 Å². The van der Waals surface area contributed by atoms with Gasteiger partial charge in [0, 0.05) is 12.1 Å². The van der Waals surface area contributed by atoms with Gasteiger partial charge in [-0.2, -0.15) is 5.26 Å². The van der Waals surface area contributed by atoms with Crippen LogP contribution in [0.25, 0.3) is 0 Å². The van der Waals surface area contributed by atoms with Crippen molar-refractivity contribution in [2.24, 2.45) is 0 Å². The van der Waals surface area contributed by atoms with Gasteiger partial charge >= 0.3 is 12.1 Å². The van der Waals surface area contributed by atoms with Crippen LogP contribution < -0.4 is 5.32 Å². The van der Waals surface area contributed by atoms with Crippen molar-refractivity contribution in [1.29, 1.82) is 5.26 Å². The van der Waals surface area contributed by atoms with Crippen LogP contribution >= 0.6 is 0 Å². The van der Waals surface area contributed by atoms with E-state index in [0.29, 0.717) is 5.69 Å². The van der Waals surface area contributed by atoms with Crippen molar-refractivity contribution in [2.45, 2.75) is 65.2 Å². The number of nitrogens with one attached hydrogen (secondary N) is 1. The minimum atomic E-state index is -0.976. The molecule has 0 radical (unpaired) electrons. The van der Waals surface area contributed by atoms with E-state index >= 15 is 0 Å². The molecule has 1 aromatic rings. The highest BCUT2D eigenvalue weighted by Gasteiger charge is 2.29. The van der Waals surface area contributed by atoms with Crippen LogP contribution in [0.5, 0.6) is 0 Å². The normalized spacial score (nSPS) is 12.7. The van der Waals surface area contributed by atoms with E-state index in [4.69, 9.17) is 14.7 Å². The first-order chi connectivity index (χ1) is 11.4. The molecule has 1 aromatic heterocycles. The van der Waals surface area contributed by atoms with Gasteiger partial charge in [0.25, 0.3) is 0 Å². The zero-order valence-electron chi connectivity index (χ0n) is 15.5. The molecule has 0 spiro atoms. The Labute approximate surface area is 148 Å². The minimum Gasteiger partial charge on any atom is -0.458 e. The molecule has 0 aliphatic carbocycles. The van der Waals surface area contributed by atoms with Gasteiger partial charge in [-0.1, -0.05) is 6.07 Å². The molecule has 1 atom stereocenters. The molecule has 0 aromatic carbocycles. The summed E-state index contributed by atoms with van der Waals surface area (Å²) in [6.07, 6.45) is -0.635. The summed E-state index contributed by atoms with van der Waals surface area (Å²) in [7, 11) is 0. The molecule has 0 fully saturated rings. The number of esters is 1. The van der Waals surface area contributed by atoms with Gasteiger partial charge in [-0.15, -0.1) is 0 Å². The lowest BCUT2D eigenvalue weighted by molar-refractivity contribution is -0.157. The Kier molecular flexibility index (Phi) is 6.51. The van der Waals surface area contributed by atoms with Gasteiger partial charge in [-0.3, -0.25) is 0 Å². The fourth-order valence-electron chi connectivity index (χ4n) is 1.88. The standard InChI is InChI=1S/C18H25N3O4/c1-17(2,3)24-15(22)14(21-16(23)25-18(4,5)6)10-12-8-7-9-13(11-19)20-12/h7-9,14H,10H2,1-6H3,(H,21,23)/t14-/m0/s1. The monoisotopic (exact) mass is 347 g/mol. The molecule has 1 heterocycles. The van der Waals surface area contributed by atoms with E-state index in [-0.39, 0.29) is 12.1 Å². The molecule has 1 rings (SSSR count). The third-order valence-electron chi connectivity index (χ3n) is 2.72. The lowest BCUT2D eigenvalue weighted by atomic mass is 10.1. The zero-order valence-corrected chi connectivity index (χ0v) is 15.5. The smallest absolute Gasteiger partial charge is 0.408 e. The number of nitrogens with zero attached hydrogens (tertiary/aromatic N) is 2. The van der Waals surface area contributed by atoms with Gasteiger partial charge < -0.3 is 14.8 Å². The Hall–Kier alpha value is -2.62. The highest BCUT2D eigenvalue weighted by atomic mass is 16.6. The lowest BCUT2D eigenvalue weighted by Crippen LogP contribution is -2.47.